The van der Waals surface area contributed by atoms with E-state index in [-0.39, 0.29) is 23.2 Å². The van der Waals surface area contributed by atoms with Gasteiger partial charge in [0.05, 0.1) is 11.8 Å². The standard InChI is InChI=1S/C15H18F3NO/c1-2-20-14-8-13(15(14)4-3-5-15)19-12-7-10(17)9(16)6-11(12)18/h6-7,13-14,19H,2-5,8H2,1H3. The molecule has 0 aliphatic heterocycles. The molecule has 1 N–H and O–H groups in total. The highest BCUT2D eigenvalue weighted by Crippen LogP contribution is 2.58. The molecule has 20 heavy (non-hydrogen) atoms. The minimum Gasteiger partial charge on any atom is -0.379 e. The lowest BCUT2D eigenvalue weighted by atomic mass is 9.51. The Labute approximate surface area is 116 Å². The molecule has 2 fully saturated rings. The van der Waals surface area contributed by atoms with Crippen LogP contribution >= 0.6 is 0 Å². The summed E-state index contributed by atoms with van der Waals surface area (Å²) in [6.45, 7) is 2.63. The van der Waals surface area contributed by atoms with Gasteiger partial charge in [0.15, 0.2) is 11.6 Å². The number of benzene rings is 1. The second kappa shape index (κ2) is 4.95. The van der Waals surface area contributed by atoms with Gasteiger partial charge in [-0.15, -0.1) is 0 Å². The summed E-state index contributed by atoms with van der Waals surface area (Å²) in [6.07, 6.45) is 4.21. The van der Waals surface area contributed by atoms with Crippen LogP contribution in [0.4, 0.5) is 18.9 Å². The van der Waals surface area contributed by atoms with E-state index in [0.29, 0.717) is 12.7 Å². The average Bonchev–Trinajstić information content (AvgIpc) is 2.32. The third-order valence-electron chi connectivity index (χ3n) is 4.78. The van der Waals surface area contributed by atoms with E-state index in [0.717, 1.165) is 31.7 Å². The molecule has 5 heteroatoms. The van der Waals surface area contributed by atoms with Crippen LogP contribution in [0.5, 0.6) is 0 Å². The molecule has 0 amide bonds. The molecule has 3 rings (SSSR count). The molecule has 0 aromatic heterocycles. The molecule has 1 aromatic rings. The van der Waals surface area contributed by atoms with Crippen LogP contribution < -0.4 is 5.32 Å². The van der Waals surface area contributed by atoms with E-state index in [1.807, 2.05) is 6.92 Å². The summed E-state index contributed by atoms with van der Waals surface area (Å²) in [4.78, 5) is 0. The van der Waals surface area contributed by atoms with E-state index >= 15 is 0 Å². The molecule has 2 nitrogen and oxygen atoms in total. The number of anilines is 1. The predicted molar refractivity (Wildman–Crippen MR) is 70.0 cm³/mol. The first kappa shape index (κ1) is 13.7. The summed E-state index contributed by atoms with van der Waals surface area (Å²) >= 11 is 0. The number of halogens is 3. The van der Waals surface area contributed by atoms with Crippen LogP contribution in [0.15, 0.2) is 12.1 Å². The molecule has 1 aromatic carbocycles. The van der Waals surface area contributed by atoms with Crippen LogP contribution in [-0.2, 0) is 4.74 Å². The zero-order chi connectivity index (χ0) is 14.3. The second-order valence-corrected chi connectivity index (χ2v) is 5.71. The van der Waals surface area contributed by atoms with Gasteiger partial charge < -0.3 is 10.1 Å². The lowest BCUT2D eigenvalue weighted by molar-refractivity contribution is -0.157. The van der Waals surface area contributed by atoms with Gasteiger partial charge in [-0.3, -0.25) is 0 Å². The summed E-state index contributed by atoms with van der Waals surface area (Å²) in [5.74, 6) is -2.94. The Hall–Kier alpha value is -1.23. The van der Waals surface area contributed by atoms with Gasteiger partial charge in [-0.05, 0) is 26.2 Å². The largest absolute Gasteiger partial charge is 0.379 e. The molecule has 2 aliphatic rings. The van der Waals surface area contributed by atoms with Crippen molar-refractivity contribution < 1.29 is 17.9 Å². The lowest BCUT2D eigenvalue weighted by Gasteiger charge is -2.61. The van der Waals surface area contributed by atoms with Crippen LogP contribution in [0, 0.1) is 22.9 Å². The first-order valence-corrected chi connectivity index (χ1v) is 7.09. The van der Waals surface area contributed by atoms with Gasteiger partial charge in [-0.1, -0.05) is 6.42 Å². The first-order valence-electron chi connectivity index (χ1n) is 7.09. The molecule has 1 spiro atoms. The molecule has 2 saturated carbocycles. The fraction of sp³-hybridized carbons (Fsp3) is 0.600. The van der Waals surface area contributed by atoms with Gasteiger partial charge in [0.25, 0.3) is 0 Å². The first-order chi connectivity index (χ1) is 9.56. The Bertz CT molecular complexity index is 516. The highest BCUT2D eigenvalue weighted by molar-refractivity contribution is 5.48. The fourth-order valence-corrected chi connectivity index (χ4v) is 3.46. The van der Waals surface area contributed by atoms with E-state index < -0.39 is 17.5 Å². The second-order valence-electron chi connectivity index (χ2n) is 5.71. The van der Waals surface area contributed by atoms with Gasteiger partial charge in [0, 0.05) is 30.2 Å². The molecule has 2 aliphatic carbocycles. The van der Waals surface area contributed by atoms with Crippen molar-refractivity contribution in [3.63, 3.8) is 0 Å². The molecular formula is C15H18F3NO. The van der Waals surface area contributed by atoms with Crippen molar-refractivity contribution in [1.82, 2.24) is 0 Å². The van der Waals surface area contributed by atoms with Crippen LogP contribution in [0.1, 0.15) is 32.6 Å². The topological polar surface area (TPSA) is 21.3 Å². The molecule has 0 saturated heterocycles. The molecule has 0 radical (unpaired) electrons. The van der Waals surface area contributed by atoms with Crippen LogP contribution in [-0.4, -0.2) is 18.8 Å². The van der Waals surface area contributed by atoms with E-state index in [1.54, 1.807) is 0 Å². The Balaban J connectivity index is 1.74. The zero-order valence-corrected chi connectivity index (χ0v) is 11.4. The Morgan fingerprint density at radius 3 is 2.50 bits per heavy atom. The van der Waals surface area contributed by atoms with Crippen molar-refractivity contribution in [1.29, 1.82) is 0 Å². The number of nitrogens with one attached hydrogen (secondary N) is 1. The lowest BCUT2D eigenvalue weighted by Crippen LogP contribution is -2.64. The minimum absolute atomic E-state index is 0.0372. The van der Waals surface area contributed by atoms with Crippen LogP contribution in [0.2, 0.25) is 0 Å². The van der Waals surface area contributed by atoms with Crippen molar-refractivity contribution in [2.24, 2.45) is 5.41 Å². The monoisotopic (exact) mass is 285 g/mol. The van der Waals surface area contributed by atoms with Gasteiger partial charge in [0.1, 0.15) is 5.82 Å². The quantitative estimate of drug-likeness (QED) is 0.848. The molecule has 2 unspecified atom stereocenters. The van der Waals surface area contributed by atoms with Crippen LogP contribution in [0.25, 0.3) is 0 Å². The minimum atomic E-state index is -1.16. The highest BCUT2D eigenvalue weighted by Gasteiger charge is 2.59. The molecule has 0 bridgehead atoms. The summed E-state index contributed by atoms with van der Waals surface area (Å²) in [5.41, 5.74) is 0.0861. The zero-order valence-electron chi connectivity index (χ0n) is 11.4. The van der Waals surface area contributed by atoms with E-state index in [1.165, 1.54) is 0 Å². The maximum atomic E-state index is 13.7. The van der Waals surface area contributed by atoms with Crippen molar-refractivity contribution >= 4 is 5.69 Å². The molecule has 2 atom stereocenters. The molecule has 0 heterocycles. The number of rotatable bonds is 4. The summed E-state index contributed by atoms with van der Waals surface area (Å²) in [6, 6.07) is 1.56. The molecular weight excluding hydrogens is 267 g/mol. The third-order valence-corrected chi connectivity index (χ3v) is 4.78. The number of hydrogen-bond acceptors (Lipinski definition) is 2. The summed E-state index contributed by atoms with van der Waals surface area (Å²) in [5, 5.41) is 3.03. The fourth-order valence-electron chi connectivity index (χ4n) is 3.46. The van der Waals surface area contributed by atoms with E-state index in [9.17, 15) is 13.2 Å². The van der Waals surface area contributed by atoms with E-state index in [2.05, 4.69) is 5.32 Å². The average molecular weight is 285 g/mol. The van der Waals surface area contributed by atoms with Crippen molar-refractivity contribution in [3.8, 4) is 0 Å². The van der Waals surface area contributed by atoms with Gasteiger partial charge in [0.2, 0.25) is 0 Å². The van der Waals surface area contributed by atoms with Crippen molar-refractivity contribution in [2.75, 3.05) is 11.9 Å². The molecule has 110 valence electrons. The van der Waals surface area contributed by atoms with Gasteiger partial charge in [-0.2, -0.15) is 0 Å². The highest BCUT2D eigenvalue weighted by atomic mass is 19.2. The summed E-state index contributed by atoms with van der Waals surface area (Å²) < 4.78 is 45.5. The smallest absolute Gasteiger partial charge is 0.161 e. The number of ether oxygens (including phenoxy) is 1. The SMILES string of the molecule is CCOC1CC(Nc2cc(F)c(F)cc2F)C12CCC2. The van der Waals surface area contributed by atoms with Crippen molar-refractivity contribution in [2.45, 2.75) is 44.8 Å². The normalized spacial score (nSPS) is 27.0. The van der Waals surface area contributed by atoms with E-state index in [4.69, 9.17) is 4.74 Å². The maximum Gasteiger partial charge on any atom is 0.161 e. The van der Waals surface area contributed by atoms with Gasteiger partial charge in [-0.25, -0.2) is 13.2 Å². The maximum absolute atomic E-state index is 13.7. The Kier molecular flexibility index (Phi) is 3.40. The third kappa shape index (κ3) is 1.99. The van der Waals surface area contributed by atoms with Crippen molar-refractivity contribution in [3.05, 3.63) is 29.6 Å². The Morgan fingerprint density at radius 2 is 1.90 bits per heavy atom. The predicted octanol–water partition coefficient (Wildman–Crippen LogP) is 3.86. The van der Waals surface area contributed by atoms with Gasteiger partial charge >= 0.3 is 0 Å². The number of hydrogen-bond donors (Lipinski definition) is 1. The summed E-state index contributed by atoms with van der Waals surface area (Å²) in [7, 11) is 0. The van der Waals surface area contributed by atoms with Crippen LogP contribution in [0.3, 0.4) is 0 Å². The Morgan fingerprint density at radius 1 is 1.20 bits per heavy atom.